The first-order chi connectivity index (χ1) is 19.3. The number of halogens is 3. The summed E-state index contributed by atoms with van der Waals surface area (Å²) < 4.78 is 38.4. The number of rotatable bonds is 7. The molecule has 0 atom stereocenters. The molecular weight excluding hydrogens is 547 g/mol. The van der Waals surface area contributed by atoms with Gasteiger partial charge < -0.3 is 26.2 Å². The number of carbonyl (C=O) groups is 4. The molecule has 2 heterocycles. The molecule has 1 aromatic heterocycles. The van der Waals surface area contributed by atoms with E-state index in [1.54, 1.807) is 36.3 Å². The minimum absolute atomic E-state index is 0.108. The Morgan fingerprint density at radius 1 is 1.02 bits per heavy atom. The number of primary amides is 2. The van der Waals surface area contributed by atoms with Crippen molar-refractivity contribution in [3.05, 3.63) is 71.0 Å². The minimum atomic E-state index is -5.08. The second kappa shape index (κ2) is 10.9. The third-order valence-electron chi connectivity index (χ3n) is 6.97. The Balaban J connectivity index is 0.000000493. The molecule has 1 aliphatic carbocycles. The Kier molecular flexibility index (Phi) is 7.77. The molecule has 0 bridgehead atoms. The summed E-state index contributed by atoms with van der Waals surface area (Å²) in [7, 11) is 1.57. The van der Waals surface area contributed by atoms with Gasteiger partial charge in [0.25, 0.3) is 11.8 Å². The van der Waals surface area contributed by atoms with E-state index in [4.69, 9.17) is 26.1 Å². The Bertz CT molecular complexity index is 1500. The van der Waals surface area contributed by atoms with Crippen LogP contribution < -0.4 is 21.1 Å². The number of ether oxygens (including phenoxy) is 1. The first kappa shape index (κ1) is 29.1. The van der Waals surface area contributed by atoms with Crippen molar-refractivity contribution >= 4 is 29.4 Å². The zero-order valence-corrected chi connectivity index (χ0v) is 21.8. The molecule has 14 heteroatoms. The summed E-state index contributed by atoms with van der Waals surface area (Å²) in [6, 6.07) is 14.8. The molecule has 41 heavy (non-hydrogen) atoms. The van der Waals surface area contributed by atoms with Crippen LogP contribution >= 0.6 is 0 Å². The van der Waals surface area contributed by atoms with Gasteiger partial charge in [-0.25, -0.2) is 9.48 Å². The third-order valence-corrected chi connectivity index (χ3v) is 6.97. The number of alkyl halides is 3. The molecule has 2 aromatic carbocycles. The van der Waals surface area contributed by atoms with Gasteiger partial charge in [-0.2, -0.15) is 18.3 Å². The second-order valence-corrected chi connectivity index (χ2v) is 9.63. The third kappa shape index (κ3) is 6.00. The average Bonchev–Trinajstić information content (AvgIpc) is 3.58. The minimum Gasteiger partial charge on any atom is -0.497 e. The molecule has 11 nitrogen and oxygen atoms in total. The summed E-state index contributed by atoms with van der Waals surface area (Å²) in [5.74, 6) is -3.33. The lowest BCUT2D eigenvalue weighted by Gasteiger charge is -2.28. The molecule has 3 amide bonds. The number of carboxylic acids is 1. The van der Waals surface area contributed by atoms with E-state index in [0.29, 0.717) is 42.1 Å². The van der Waals surface area contributed by atoms with Crippen molar-refractivity contribution in [2.45, 2.75) is 37.3 Å². The zero-order valence-electron chi connectivity index (χ0n) is 21.8. The van der Waals surface area contributed by atoms with Gasteiger partial charge in [-0.05, 0) is 61.2 Å². The highest BCUT2D eigenvalue weighted by Gasteiger charge is 2.45. The monoisotopic (exact) mass is 573 g/mol. The van der Waals surface area contributed by atoms with Crippen LogP contribution in [0.4, 0.5) is 18.9 Å². The highest BCUT2D eigenvalue weighted by atomic mass is 19.4. The Morgan fingerprint density at radius 3 is 2.05 bits per heavy atom. The van der Waals surface area contributed by atoms with Crippen LogP contribution in [-0.2, 0) is 21.4 Å². The highest BCUT2D eigenvalue weighted by molar-refractivity contribution is 6.09. The summed E-state index contributed by atoms with van der Waals surface area (Å²) in [5, 5.41) is 11.5. The van der Waals surface area contributed by atoms with Crippen LogP contribution in [0.15, 0.2) is 48.5 Å². The number of nitrogens with two attached hydrogens (primary N) is 2. The fraction of sp³-hybridized carbons (Fsp3) is 0.296. The number of aliphatic carboxylic acids is 1. The summed E-state index contributed by atoms with van der Waals surface area (Å²) in [6.45, 7) is 0.395. The maximum Gasteiger partial charge on any atom is 0.490 e. The SMILES string of the molecule is COc1ccc(-n2nc(C(N)=O)c3c2C(=O)N(c2ccc(C4(CC(N)=O)CC4)cc2)CC3)cc1.O=C(O)C(F)(F)F. The molecule has 216 valence electrons. The number of aromatic nitrogens is 2. The number of nitrogens with zero attached hydrogens (tertiary/aromatic N) is 3. The standard InChI is InChI=1S/C25H25N5O4.C2HF3O2/c1-34-18-8-6-17(7-9-18)30-22-19(21(28-30)23(27)32)10-13-29(24(22)33)16-4-2-15(3-5-16)25(11-12-25)14-20(26)31;3-2(4,5)1(6)7/h2-9H,10-14H2,1H3,(H2,26,31)(H2,27,32);(H,6,7). The van der Waals surface area contributed by atoms with Crippen LogP contribution in [0.1, 0.15) is 51.4 Å². The molecule has 5 N–H and O–H groups in total. The Hall–Kier alpha value is -4.88. The number of carboxylic acid groups (broad SMARTS) is 1. The summed E-state index contributed by atoms with van der Waals surface area (Å²) >= 11 is 0. The van der Waals surface area contributed by atoms with Crippen LogP contribution in [0.25, 0.3) is 5.69 Å². The van der Waals surface area contributed by atoms with Crippen molar-refractivity contribution in [3.63, 3.8) is 0 Å². The van der Waals surface area contributed by atoms with E-state index in [1.165, 1.54) is 4.68 Å². The molecule has 5 rings (SSSR count). The van der Waals surface area contributed by atoms with Crippen LogP contribution in [0.3, 0.4) is 0 Å². The van der Waals surface area contributed by atoms with Crippen LogP contribution in [0.2, 0.25) is 0 Å². The molecular formula is C27H26F3N5O6. The maximum absolute atomic E-state index is 13.6. The van der Waals surface area contributed by atoms with Gasteiger partial charge in [-0.1, -0.05) is 12.1 Å². The average molecular weight is 574 g/mol. The number of fused-ring (bicyclic) bond motifs is 1. The van der Waals surface area contributed by atoms with E-state index in [2.05, 4.69) is 5.10 Å². The van der Waals surface area contributed by atoms with Gasteiger partial charge in [0.15, 0.2) is 5.69 Å². The normalized spacial score (nSPS) is 15.3. The van der Waals surface area contributed by atoms with E-state index in [0.717, 1.165) is 24.1 Å². The molecule has 0 radical (unpaired) electrons. The Morgan fingerprint density at radius 2 is 1.59 bits per heavy atom. The lowest BCUT2D eigenvalue weighted by molar-refractivity contribution is -0.192. The van der Waals surface area contributed by atoms with E-state index in [-0.39, 0.29) is 22.9 Å². The molecule has 1 fully saturated rings. The number of benzene rings is 2. The summed E-state index contributed by atoms with van der Waals surface area (Å²) in [6.07, 6.45) is -2.45. The molecule has 3 aromatic rings. The molecule has 0 saturated heterocycles. The van der Waals surface area contributed by atoms with Crippen LogP contribution in [0.5, 0.6) is 5.75 Å². The van der Waals surface area contributed by atoms with E-state index >= 15 is 0 Å². The number of carbonyl (C=O) groups excluding carboxylic acids is 3. The van der Waals surface area contributed by atoms with Gasteiger partial charge in [-0.15, -0.1) is 0 Å². The van der Waals surface area contributed by atoms with Crippen molar-refractivity contribution in [1.29, 1.82) is 0 Å². The Labute approximate surface area is 231 Å². The van der Waals surface area contributed by atoms with Crippen molar-refractivity contribution in [2.75, 3.05) is 18.6 Å². The number of anilines is 1. The van der Waals surface area contributed by atoms with Gasteiger partial charge in [0.2, 0.25) is 5.91 Å². The fourth-order valence-electron chi connectivity index (χ4n) is 4.76. The molecule has 1 saturated carbocycles. The number of hydrogen-bond donors (Lipinski definition) is 3. The van der Waals surface area contributed by atoms with Gasteiger partial charge in [0.05, 0.1) is 12.8 Å². The lowest BCUT2D eigenvalue weighted by Crippen LogP contribution is -2.39. The molecule has 1 aliphatic heterocycles. The van der Waals surface area contributed by atoms with Gasteiger partial charge >= 0.3 is 12.1 Å². The predicted molar refractivity (Wildman–Crippen MR) is 139 cm³/mol. The summed E-state index contributed by atoms with van der Waals surface area (Å²) in [4.78, 5) is 47.7. The smallest absolute Gasteiger partial charge is 0.490 e. The zero-order chi connectivity index (χ0) is 30.1. The van der Waals surface area contributed by atoms with Crippen molar-refractivity contribution in [2.24, 2.45) is 11.5 Å². The van der Waals surface area contributed by atoms with Gasteiger partial charge in [-0.3, -0.25) is 14.4 Å². The first-order valence-corrected chi connectivity index (χ1v) is 12.3. The fourth-order valence-corrected chi connectivity index (χ4v) is 4.76. The van der Waals surface area contributed by atoms with E-state index < -0.39 is 18.1 Å². The topological polar surface area (TPSA) is 171 Å². The van der Waals surface area contributed by atoms with Crippen LogP contribution in [0, 0.1) is 0 Å². The van der Waals surface area contributed by atoms with Crippen molar-refractivity contribution in [1.82, 2.24) is 9.78 Å². The van der Waals surface area contributed by atoms with E-state index in [9.17, 15) is 27.6 Å². The maximum atomic E-state index is 13.6. The predicted octanol–water partition coefficient (Wildman–Crippen LogP) is 2.72. The molecule has 2 aliphatic rings. The number of amides is 3. The van der Waals surface area contributed by atoms with E-state index in [1.807, 2.05) is 24.3 Å². The highest BCUT2D eigenvalue weighted by Crippen LogP contribution is 2.51. The quantitative estimate of drug-likeness (QED) is 0.390. The largest absolute Gasteiger partial charge is 0.497 e. The van der Waals surface area contributed by atoms with Crippen molar-refractivity contribution in [3.8, 4) is 11.4 Å². The van der Waals surface area contributed by atoms with Gasteiger partial charge in [0.1, 0.15) is 11.4 Å². The number of hydrogen-bond acceptors (Lipinski definition) is 6. The summed E-state index contributed by atoms with van der Waals surface area (Å²) in [5.41, 5.74) is 14.2. The number of methoxy groups -OCH3 is 1. The van der Waals surface area contributed by atoms with Crippen LogP contribution in [-0.4, -0.2) is 58.4 Å². The molecule has 0 unspecified atom stereocenters. The molecule has 0 spiro atoms. The lowest BCUT2D eigenvalue weighted by atomic mass is 9.92. The van der Waals surface area contributed by atoms with Crippen molar-refractivity contribution < 1.29 is 42.2 Å². The van der Waals surface area contributed by atoms with Gasteiger partial charge in [0, 0.05) is 29.6 Å². The first-order valence-electron chi connectivity index (χ1n) is 12.3. The second-order valence-electron chi connectivity index (χ2n) is 9.63.